The lowest BCUT2D eigenvalue weighted by molar-refractivity contribution is -0.117. The third-order valence-corrected chi connectivity index (χ3v) is 6.48. The quantitative estimate of drug-likeness (QED) is 0.348. The molecular formula is C27H26ClN3O2. The van der Waals surface area contributed by atoms with Gasteiger partial charge >= 0.3 is 0 Å². The number of imidazole rings is 1. The molecule has 168 valence electrons. The summed E-state index contributed by atoms with van der Waals surface area (Å²) in [4.78, 5) is 19.7. The number of ether oxygens (including phenoxy) is 1. The van der Waals surface area contributed by atoms with Crippen LogP contribution >= 0.6 is 11.6 Å². The maximum Gasteiger partial charge on any atom is 0.227 e. The highest BCUT2D eigenvalue weighted by Gasteiger charge is 2.34. The number of rotatable bonds is 7. The molecule has 1 aromatic heterocycles. The highest BCUT2D eigenvalue weighted by Crippen LogP contribution is 2.33. The van der Waals surface area contributed by atoms with Crippen LogP contribution in [-0.2, 0) is 17.8 Å². The maximum absolute atomic E-state index is 12.9. The van der Waals surface area contributed by atoms with Crippen molar-refractivity contribution in [2.45, 2.75) is 32.2 Å². The van der Waals surface area contributed by atoms with Crippen molar-refractivity contribution in [3.63, 3.8) is 0 Å². The van der Waals surface area contributed by atoms with Crippen LogP contribution in [0.3, 0.4) is 0 Å². The largest absolute Gasteiger partial charge is 0.492 e. The zero-order chi connectivity index (χ0) is 22.8. The minimum Gasteiger partial charge on any atom is -0.492 e. The van der Waals surface area contributed by atoms with Crippen molar-refractivity contribution in [2.75, 3.05) is 18.1 Å². The van der Waals surface area contributed by atoms with Gasteiger partial charge in [-0.15, -0.1) is 0 Å². The van der Waals surface area contributed by atoms with Gasteiger partial charge in [-0.3, -0.25) is 4.79 Å². The first-order valence-corrected chi connectivity index (χ1v) is 11.7. The monoisotopic (exact) mass is 459 g/mol. The Hall–Kier alpha value is -3.31. The lowest BCUT2D eigenvalue weighted by Crippen LogP contribution is -2.24. The van der Waals surface area contributed by atoms with E-state index in [0.717, 1.165) is 34.7 Å². The van der Waals surface area contributed by atoms with E-state index in [9.17, 15) is 4.79 Å². The summed E-state index contributed by atoms with van der Waals surface area (Å²) in [6, 6.07) is 23.8. The first-order valence-electron chi connectivity index (χ1n) is 11.3. The normalized spacial score (nSPS) is 16.0. The van der Waals surface area contributed by atoms with Gasteiger partial charge in [-0.2, -0.15) is 0 Å². The molecule has 1 atom stereocenters. The Morgan fingerprint density at radius 3 is 2.55 bits per heavy atom. The van der Waals surface area contributed by atoms with Crippen LogP contribution in [0.1, 0.15) is 30.7 Å². The second kappa shape index (κ2) is 9.28. The summed E-state index contributed by atoms with van der Waals surface area (Å²) in [5, 5.41) is 0.685. The summed E-state index contributed by atoms with van der Waals surface area (Å²) >= 11 is 5.97. The van der Waals surface area contributed by atoms with Gasteiger partial charge in [-0.05, 0) is 60.5 Å². The van der Waals surface area contributed by atoms with Gasteiger partial charge in [0.2, 0.25) is 5.91 Å². The number of aromatic nitrogens is 2. The number of aryl methyl sites for hydroxylation is 1. The van der Waals surface area contributed by atoms with E-state index in [0.29, 0.717) is 31.1 Å². The second-order valence-corrected chi connectivity index (χ2v) is 8.77. The molecular weight excluding hydrogens is 434 g/mol. The molecule has 5 nitrogen and oxygen atoms in total. The molecule has 33 heavy (non-hydrogen) atoms. The third kappa shape index (κ3) is 4.46. The van der Waals surface area contributed by atoms with Crippen LogP contribution in [0.25, 0.3) is 11.0 Å². The Bertz CT molecular complexity index is 1270. The van der Waals surface area contributed by atoms with E-state index in [-0.39, 0.29) is 11.8 Å². The summed E-state index contributed by atoms with van der Waals surface area (Å²) in [6.07, 6.45) is 1.44. The molecule has 0 spiro atoms. The first kappa shape index (κ1) is 21.5. The van der Waals surface area contributed by atoms with Gasteiger partial charge in [0.25, 0.3) is 0 Å². The predicted octanol–water partition coefficient (Wildman–Crippen LogP) is 5.85. The maximum atomic E-state index is 12.9. The Balaban J connectivity index is 1.38. The van der Waals surface area contributed by atoms with E-state index in [1.54, 1.807) is 0 Å². The van der Waals surface area contributed by atoms with Crippen LogP contribution in [0.15, 0.2) is 72.8 Å². The van der Waals surface area contributed by atoms with Crippen LogP contribution < -0.4 is 9.64 Å². The number of para-hydroxylation sites is 2. The van der Waals surface area contributed by atoms with E-state index in [2.05, 4.69) is 29.7 Å². The molecule has 0 radical (unpaired) electrons. The molecule has 6 heteroatoms. The first-order chi connectivity index (χ1) is 16.1. The van der Waals surface area contributed by atoms with Gasteiger partial charge in [0.1, 0.15) is 18.2 Å². The van der Waals surface area contributed by atoms with Gasteiger partial charge in [0.15, 0.2) is 0 Å². The molecule has 1 aliphatic rings. The number of fused-ring (bicyclic) bond motifs is 1. The number of halogens is 1. The second-order valence-electron chi connectivity index (χ2n) is 8.34. The van der Waals surface area contributed by atoms with Crippen LogP contribution in [0.2, 0.25) is 5.02 Å². The molecule has 5 rings (SSSR count). The molecule has 0 aliphatic carbocycles. The molecule has 2 heterocycles. The Morgan fingerprint density at radius 1 is 1.03 bits per heavy atom. The molecule has 0 N–H and O–H groups in total. The number of benzene rings is 3. The van der Waals surface area contributed by atoms with Crippen LogP contribution in [0, 0.1) is 0 Å². The van der Waals surface area contributed by atoms with E-state index < -0.39 is 0 Å². The molecule has 1 amide bonds. The Labute approximate surface area is 198 Å². The van der Waals surface area contributed by atoms with Crippen molar-refractivity contribution in [1.29, 1.82) is 0 Å². The third-order valence-electron chi connectivity index (χ3n) is 6.23. The zero-order valence-corrected chi connectivity index (χ0v) is 19.3. The van der Waals surface area contributed by atoms with E-state index in [4.69, 9.17) is 21.3 Å². The minimum absolute atomic E-state index is 0.0336. The fraction of sp³-hybridized carbons (Fsp3) is 0.259. The standard InChI is InChI=1S/C27H26ClN3O2/c1-2-19-7-11-22(12-8-19)31-18-20(17-26(31)32)27-29-24-5-3-4-6-25(24)30(27)15-16-33-23-13-9-21(28)10-14-23/h3-14,20H,2,15-18H2,1H3. The smallest absolute Gasteiger partial charge is 0.227 e. The van der Waals surface area contributed by atoms with Crippen molar-refractivity contribution in [3.8, 4) is 5.75 Å². The lowest BCUT2D eigenvalue weighted by Gasteiger charge is -2.18. The summed E-state index contributed by atoms with van der Waals surface area (Å²) in [5.41, 5.74) is 4.22. The molecule has 1 aliphatic heterocycles. The number of carbonyl (C=O) groups is 1. The van der Waals surface area contributed by atoms with Crippen molar-refractivity contribution < 1.29 is 9.53 Å². The number of carbonyl (C=O) groups excluding carboxylic acids is 1. The molecule has 3 aromatic carbocycles. The summed E-state index contributed by atoms with van der Waals surface area (Å²) in [7, 11) is 0. The van der Waals surface area contributed by atoms with E-state index >= 15 is 0 Å². The van der Waals surface area contributed by atoms with Gasteiger partial charge in [-0.25, -0.2) is 4.98 Å². The van der Waals surface area contributed by atoms with Gasteiger partial charge < -0.3 is 14.2 Å². The zero-order valence-electron chi connectivity index (χ0n) is 18.6. The molecule has 1 fully saturated rings. The molecule has 0 saturated carbocycles. The van der Waals surface area contributed by atoms with Crippen molar-refractivity contribution in [2.24, 2.45) is 0 Å². The lowest BCUT2D eigenvalue weighted by atomic mass is 10.1. The van der Waals surface area contributed by atoms with Crippen LogP contribution in [-0.4, -0.2) is 28.6 Å². The van der Waals surface area contributed by atoms with Crippen molar-refractivity contribution in [1.82, 2.24) is 9.55 Å². The van der Waals surface area contributed by atoms with Crippen LogP contribution in [0.4, 0.5) is 5.69 Å². The summed E-state index contributed by atoms with van der Waals surface area (Å²) in [5.74, 6) is 1.90. The molecule has 1 saturated heterocycles. The molecule has 0 bridgehead atoms. The highest BCUT2D eigenvalue weighted by atomic mass is 35.5. The Morgan fingerprint density at radius 2 is 1.79 bits per heavy atom. The number of hydrogen-bond donors (Lipinski definition) is 0. The molecule has 1 unspecified atom stereocenters. The SMILES string of the molecule is CCc1ccc(N2CC(c3nc4ccccc4n3CCOc3ccc(Cl)cc3)CC2=O)cc1. The highest BCUT2D eigenvalue weighted by molar-refractivity contribution is 6.30. The molecule has 4 aromatic rings. The summed E-state index contributed by atoms with van der Waals surface area (Å²) < 4.78 is 8.15. The van der Waals surface area contributed by atoms with Crippen LogP contribution in [0.5, 0.6) is 5.75 Å². The number of anilines is 1. The minimum atomic E-state index is 0.0336. The average molecular weight is 460 g/mol. The fourth-order valence-electron chi connectivity index (χ4n) is 4.47. The summed E-state index contributed by atoms with van der Waals surface area (Å²) in [6.45, 7) is 3.91. The van der Waals surface area contributed by atoms with E-state index in [1.807, 2.05) is 59.5 Å². The number of nitrogens with zero attached hydrogens (tertiary/aromatic N) is 3. The fourth-order valence-corrected chi connectivity index (χ4v) is 4.59. The number of hydrogen-bond acceptors (Lipinski definition) is 3. The van der Waals surface area contributed by atoms with Gasteiger partial charge in [0, 0.05) is 29.6 Å². The van der Waals surface area contributed by atoms with E-state index in [1.165, 1.54) is 5.56 Å². The number of amides is 1. The Kier molecular flexibility index (Phi) is 6.05. The topological polar surface area (TPSA) is 47.4 Å². The predicted molar refractivity (Wildman–Crippen MR) is 132 cm³/mol. The van der Waals surface area contributed by atoms with Crippen molar-refractivity contribution in [3.05, 3.63) is 89.2 Å². The van der Waals surface area contributed by atoms with Gasteiger partial charge in [-0.1, -0.05) is 42.8 Å². The average Bonchev–Trinajstić information content (AvgIpc) is 3.41. The van der Waals surface area contributed by atoms with Gasteiger partial charge in [0.05, 0.1) is 17.6 Å². The van der Waals surface area contributed by atoms with Crippen molar-refractivity contribution >= 4 is 34.2 Å².